The van der Waals surface area contributed by atoms with Gasteiger partial charge in [0, 0.05) is 49.3 Å². The number of piperazine rings is 1. The Morgan fingerprint density at radius 3 is 2.29 bits per heavy atom. The maximum absolute atomic E-state index is 12.8. The Labute approximate surface area is 177 Å². The molecule has 3 rings (SSSR count). The van der Waals surface area contributed by atoms with Crippen molar-refractivity contribution in [2.24, 2.45) is 0 Å². The van der Waals surface area contributed by atoms with Crippen molar-refractivity contribution in [2.75, 3.05) is 32.7 Å². The summed E-state index contributed by atoms with van der Waals surface area (Å²) in [7, 11) is -3.62. The zero-order chi connectivity index (χ0) is 20.3. The highest BCUT2D eigenvalue weighted by Crippen LogP contribution is 2.28. The van der Waals surface area contributed by atoms with Gasteiger partial charge in [-0.05, 0) is 30.2 Å². The quantitative estimate of drug-likeness (QED) is 0.458. The summed E-state index contributed by atoms with van der Waals surface area (Å²) in [6, 6.07) is 11.3. The van der Waals surface area contributed by atoms with Crippen LogP contribution in [-0.2, 0) is 16.4 Å². The molecule has 10 heteroatoms. The number of nitrogens with zero attached hydrogens (tertiary/aromatic N) is 3. The molecule has 0 atom stereocenters. The topological polar surface area (TPSA) is 83.8 Å². The predicted molar refractivity (Wildman–Crippen MR) is 111 cm³/mol. The second-order valence-electron chi connectivity index (χ2n) is 6.49. The summed E-state index contributed by atoms with van der Waals surface area (Å²) in [5.74, 6) is 0. The molecule has 0 radical (unpaired) electrons. The molecule has 0 bridgehead atoms. The van der Waals surface area contributed by atoms with Crippen molar-refractivity contribution in [3.8, 4) is 0 Å². The van der Waals surface area contributed by atoms with Gasteiger partial charge in [0.1, 0.15) is 4.90 Å². The lowest BCUT2D eigenvalue weighted by molar-refractivity contribution is -0.384. The molecule has 1 heterocycles. The van der Waals surface area contributed by atoms with Crippen LogP contribution in [0, 0.1) is 10.1 Å². The average molecular weight is 489 g/mol. The van der Waals surface area contributed by atoms with E-state index in [1.807, 2.05) is 0 Å². The summed E-state index contributed by atoms with van der Waals surface area (Å²) >= 11 is 9.40. The third-order valence-electron chi connectivity index (χ3n) is 4.71. The van der Waals surface area contributed by atoms with Gasteiger partial charge in [-0.2, -0.15) is 4.31 Å². The number of halogens is 2. The number of nitro benzene ring substituents is 1. The maximum Gasteiger partial charge on any atom is 0.269 e. The molecule has 28 heavy (non-hydrogen) atoms. The fraction of sp³-hybridized carbons (Fsp3) is 0.333. The van der Waals surface area contributed by atoms with Gasteiger partial charge in [0.25, 0.3) is 5.69 Å². The van der Waals surface area contributed by atoms with E-state index < -0.39 is 14.9 Å². The van der Waals surface area contributed by atoms with Crippen molar-refractivity contribution in [2.45, 2.75) is 11.3 Å². The highest BCUT2D eigenvalue weighted by molar-refractivity contribution is 9.10. The number of sulfonamides is 1. The van der Waals surface area contributed by atoms with Gasteiger partial charge in [-0.3, -0.25) is 10.1 Å². The minimum Gasteiger partial charge on any atom is -0.300 e. The molecule has 2 aromatic rings. The van der Waals surface area contributed by atoms with Crippen LogP contribution in [0.5, 0.6) is 0 Å². The van der Waals surface area contributed by atoms with Crippen LogP contribution in [-0.4, -0.2) is 55.3 Å². The van der Waals surface area contributed by atoms with Crippen molar-refractivity contribution < 1.29 is 13.3 Å². The number of nitro groups is 1. The molecule has 2 aromatic carbocycles. The van der Waals surface area contributed by atoms with E-state index in [1.54, 1.807) is 24.3 Å². The van der Waals surface area contributed by atoms with Crippen LogP contribution in [0.1, 0.15) is 5.56 Å². The summed E-state index contributed by atoms with van der Waals surface area (Å²) in [5, 5.41) is 10.9. The predicted octanol–water partition coefficient (Wildman–Crippen LogP) is 3.56. The number of non-ortho nitro benzene ring substituents is 1. The Balaban J connectivity index is 1.56. The number of rotatable bonds is 6. The first kappa shape index (κ1) is 21.2. The van der Waals surface area contributed by atoms with Crippen molar-refractivity contribution in [1.82, 2.24) is 9.21 Å². The van der Waals surface area contributed by atoms with Crippen LogP contribution in [0.25, 0.3) is 0 Å². The van der Waals surface area contributed by atoms with E-state index in [4.69, 9.17) is 11.6 Å². The van der Waals surface area contributed by atoms with E-state index in [0.29, 0.717) is 26.2 Å². The third kappa shape index (κ3) is 4.90. The molecule has 1 saturated heterocycles. The highest BCUT2D eigenvalue weighted by Gasteiger charge is 2.30. The fourth-order valence-corrected chi connectivity index (χ4v) is 5.52. The van der Waals surface area contributed by atoms with Crippen LogP contribution in [0.2, 0.25) is 5.02 Å². The fourth-order valence-electron chi connectivity index (χ4n) is 3.09. The summed E-state index contributed by atoms with van der Waals surface area (Å²) in [6.07, 6.45) is 0.753. The molecule has 1 aliphatic rings. The zero-order valence-electron chi connectivity index (χ0n) is 14.9. The standard InChI is InChI=1S/C18H19BrClN3O4S/c19-15-3-6-18(17(20)13-15)28(26,27)22-11-9-21(10-12-22)8-7-14-1-4-16(5-2-14)23(24)25/h1-6,13H,7-12H2. The summed E-state index contributed by atoms with van der Waals surface area (Å²) < 4.78 is 27.9. The summed E-state index contributed by atoms with van der Waals surface area (Å²) in [4.78, 5) is 12.6. The molecular weight excluding hydrogens is 470 g/mol. The van der Waals surface area contributed by atoms with Gasteiger partial charge in [0.2, 0.25) is 10.0 Å². The molecule has 150 valence electrons. The van der Waals surface area contributed by atoms with E-state index in [1.165, 1.54) is 22.5 Å². The molecule has 0 amide bonds. The smallest absolute Gasteiger partial charge is 0.269 e. The average Bonchev–Trinajstić information content (AvgIpc) is 2.66. The molecule has 0 unspecified atom stereocenters. The molecule has 0 aliphatic carbocycles. The van der Waals surface area contributed by atoms with Crippen LogP contribution < -0.4 is 0 Å². The number of hydrogen-bond donors (Lipinski definition) is 0. The highest BCUT2D eigenvalue weighted by atomic mass is 79.9. The van der Waals surface area contributed by atoms with Crippen LogP contribution in [0.15, 0.2) is 51.8 Å². The lowest BCUT2D eigenvalue weighted by atomic mass is 10.1. The van der Waals surface area contributed by atoms with E-state index in [2.05, 4.69) is 20.8 Å². The first-order chi connectivity index (χ1) is 13.3. The lowest BCUT2D eigenvalue weighted by Crippen LogP contribution is -2.49. The Kier molecular flexibility index (Phi) is 6.72. The Morgan fingerprint density at radius 2 is 1.71 bits per heavy atom. The molecule has 7 nitrogen and oxygen atoms in total. The SMILES string of the molecule is O=[N+]([O-])c1ccc(CCN2CCN(S(=O)(=O)c3ccc(Br)cc3Cl)CC2)cc1. The normalized spacial score (nSPS) is 16.2. The Bertz CT molecular complexity index is 961. The zero-order valence-corrected chi connectivity index (χ0v) is 18.1. The second kappa shape index (κ2) is 8.87. The maximum atomic E-state index is 12.8. The van der Waals surface area contributed by atoms with Crippen LogP contribution in [0.3, 0.4) is 0 Å². The number of benzene rings is 2. The monoisotopic (exact) mass is 487 g/mol. The van der Waals surface area contributed by atoms with E-state index >= 15 is 0 Å². The molecule has 1 aliphatic heterocycles. The molecule has 1 fully saturated rings. The van der Waals surface area contributed by atoms with Crippen molar-refractivity contribution in [3.05, 3.63) is 67.6 Å². The number of hydrogen-bond acceptors (Lipinski definition) is 5. The minimum atomic E-state index is -3.62. The van der Waals surface area contributed by atoms with Gasteiger partial charge < -0.3 is 4.90 Å². The van der Waals surface area contributed by atoms with Crippen molar-refractivity contribution in [3.63, 3.8) is 0 Å². The molecule has 0 spiro atoms. The lowest BCUT2D eigenvalue weighted by Gasteiger charge is -2.34. The van der Waals surface area contributed by atoms with E-state index in [9.17, 15) is 18.5 Å². The Morgan fingerprint density at radius 1 is 1.07 bits per heavy atom. The summed E-state index contributed by atoms with van der Waals surface area (Å²) in [6.45, 7) is 2.81. The summed E-state index contributed by atoms with van der Waals surface area (Å²) in [5.41, 5.74) is 1.09. The molecular formula is C18H19BrClN3O4S. The van der Waals surface area contributed by atoms with Crippen LogP contribution in [0.4, 0.5) is 5.69 Å². The third-order valence-corrected chi connectivity index (χ3v) is 7.58. The first-order valence-corrected chi connectivity index (χ1v) is 11.3. The molecule has 0 N–H and O–H groups in total. The van der Waals surface area contributed by atoms with Gasteiger partial charge in [-0.15, -0.1) is 0 Å². The van der Waals surface area contributed by atoms with Gasteiger partial charge in [-0.25, -0.2) is 8.42 Å². The van der Waals surface area contributed by atoms with Gasteiger partial charge in [0.15, 0.2) is 0 Å². The van der Waals surface area contributed by atoms with Crippen LogP contribution >= 0.6 is 27.5 Å². The van der Waals surface area contributed by atoms with E-state index in [0.717, 1.165) is 23.0 Å². The van der Waals surface area contributed by atoms with Gasteiger partial charge in [-0.1, -0.05) is 39.7 Å². The van der Waals surface area contributed by atoms with Crippen molar-refractivity contribution >= 4 is 43.2 Å². The minimum absolute atomic E-state index is 0.0779. The molecule has 0 aromatic heterocycles. The second-order valence-corrected chi connectivity index (χ2v) is 9.72. The van der Waals surface area contributed by atoms with Gasteiger partial charge in [0.05, 0.1) is 9.95 Å². The Hall–Kier alpha value is -1.52. The van der Waals surface area contributed by atoms with E-state index in [-0.39, 0.29) is 15.6 Å². The largest absolute Gasteiger partial charge is 0.300 e. The first-order valence-electron chi connectivity index (χ1n) is 8.68. The molecule has 0 saturated carbocycles. The van der Waals surface area contributed by atoms with Gasteiger partial charge >= 0.3 is 0 Å². The van der Waals surface area contributed by atoms with Crippen molar-refractivity contribution in [1.29, 1.82) is 0 Å².